The number of anilines is 1. The Morgan fingerprint density at radius 1 is 1.06 bits per heavy atom. The number of rotatable bonds is 2. The summed E-state index contributed by atoms with van der Waals surface area (Å²) in [5, 5.41) is 11.3. The van der Waals surface area contributed by atoms with Crippen molar-refractivity contribution in [1.29, 1.82) is 5.26 Å². The Labute approximate surface area is 102 Å². The Morgan fingerprint density at radius 3 is 2.38 bits per heavy atom. The fourth-order valence-corrected chi connectivity index (χ4v) is 2.88. The van der Waals surface area contributed by atoms with E-state index in [4.69, 9.17) is 5.26 Å². The van der Waals surface area contributed by atoms with Crippen LogP contribution in [0.2, 0.25) is 0 Å². The van der Waals surface area contributed by atoms with Gasteiger partial charge >= 0.3 is 102 Å². The van der Waals surface area contributed by atoms with Crippen molar-refractivity contribution in [3.8, 4) is 4.97 Å². The van der Waals surface area contributed by atoms with Crippen LogP contribution in [0.5, 0.6) is 0 Å². The molecule has 0 spiro atoms. The molecule has 0 N–H and O–H groups in total. The molecular formula is C13H12N2Se. The van der Waals surface area contributed by atoms with Crippen molar-refractivity contribution in [3.05, 3.63) is 36.4 Å². The van der Waals surface area contributed by atoms with E-state index in [0.29, 0.717) is 0 Å². The van der Waals surface area contributed by atoms with Crippen LogP contribution in [-0.2, 0) is 0 Å². The molecule has 0 aliphatic rings. The molecular weight excluding hydrogens is 263 g/mol. The Morgan fingerprint density at radius 2 is 1.75 bits per heavy atom. The SMILES string of the molecule is CN(C)c1ccc([Se]C#N)c2ccccc12. The molecule has 0 radical (unpaired) electrons. The molecule has 2 rings (SSSR count). The van der Waals surface area contributed by atoms with Crippen LogP contribution in [0, 0.1) is 10.2 Å². The van der Waals surface area contributed by atoms with E-state index in [1.165, 1.54) is 16.5 Å². The number of nitriles is 1. The van der Waals surface area contributed by atoms with Crippen LogP contribution in [0.3, 0.4) is 0 Å². The maximum atomic E-state index is 8.83. The molecule has 0 saturated heterocycles. The molecule has 3 heteroatoms. The molecule has 80 valence electrons. The summed E-state index contributed by atoms with van der Waals surface area (Å²) < 4.78 is 1.16. The standard InChI is InChI=1S/C13H12N2Se/c1-15(2)12-7-8-13(16-9-14)11-6-4-3-5-10(11)12/h3-8H,1-2H3. The van der Waals surface area contributed by atoms with Gasteiger partial charge in [-0.15, -0.1) is 0 Å². The predicted octanol–water partition coefficient (Wildman–Crippen LogP) is 1.72. The van der Waals surface area contributed by atoms with Gasteiger partial charge in [0, 0.05) is 0 Å². The van der Waals surface area contributed by atoms with Crippen LogP contribution in [0.4, 0.5) is 5.69 Å². The number of nitrogens with zero attached hydrogens (tertiary/aromatic N) is 2. The van der Waals surface area contributed by atoms with Crippen molar-refractivity contribution in [1.82, 2.24) is 0 Å². The van der Waals surface area contributed by atoms with E-state index in [9.17, 15) is 0 Å². The van der Waals surface area contributed by atoms with E-state index in [2.05, 4.69) is 34.1 Å². The van der Waals surface area contributed by atoms with Gasteiger partial charge in [0.25, 0.3) is 0 Å². The molecule has 0 aliphatic carbocycles. The van der Waals surface area contributed by atoms with Gasteiger partial charge < -0.3 is 0 Å². The fourth-order valence-electron chi connectivity index (χ4n) is 1.78. The predicted molar refractivity (Wildman–Crippen MR) is 69.3 cm³/mol. The first kappa shape index (κ1) is 11.0. The molecule has 0 saturated carbocycles. The number of hydrogen-bond donors (Lipinski definition) is 0. The Kier molecular flexibility index (Phi) is 3.14. The van der Waals surface area contributed by atoms with Crippen LogP contribution < -0.4 is 9.36 Å². The third-order valence-corrected chi connectivity index (χ3v) is 3.90. The second kappa shape index (κ2) is 4.57. The summed E-state index contributed by atoms with van der Waals surface area (Å²) in [4.78, 5) is 4.38. The average Bonchev–Trinajstić information content (AvgIpc) is 2.29. The zero-order chi connectivity index (χ0) is 11.5. The summed E-state index contributed by atoms with van der Waals surface area (Å²) >= 11 is -0.0928. The molecule has 0 aliphatic heterocycles. The van der Waals surface area contributed by atoms with Crippen molar-refractivity contribution in [2.24, 2.45) is 0 Å². The summed E-state index contributed by atoms with van der Waals surface area (Å²) in [5.74, 6) is 0. The topological polar surface area (TPSA) is 27.0 Å². The van der Waals surface area contributed by atoms with E-state index in [1.807, 2.05) is 26.2 Å². The molecule has 2 aromatic carbocycles. The fraction of sp³-hybridized carbons (Fsp3) is 0.154. The summed E-state index contributed by atoms with van der Waals surface area (Å²) in [5.41, 5.74) is 1.20. The maximum absolute atomic E-state index is 8.83. The molecule has 0 atom stereocenters. The van der Waals surface area contributed by atoms with E-state index >= 15 is 0 Å². The van der Waals surface area contributed by atoms with Gasteiger partial charge in [0.2, 0.25) is 0 Å². The normalized spacial score (nSPS) is 10.1. The Bertz CT molecular complexity index is 555. The van der Waals surface area contributed by atoms with Gasteiger partial charge in [-0.2, -0.15) is 0 Å². The van der Waals surface area contributed by atoms with Crippen LogP contribution in [-0.4, -0.2) is 29.1 Å². The second-order valence-corrected chi connectivity index (χ2v) is 5.45. The van der Waals surface area contributed by atoms with E-state index < -0.39 is 0 Å². The molecule has 0 aromatic heterocycles. The quantitative estimate of drug-likeness (QED) is 0.780. The Hall–Kier alpha value is -1.49. The van der Waals surface area contributed by atoms with Crippen LogP contribution >= 0.6 is 0 Å². The van der Waals surface area contributed by atoms with Gasteiger partial charge in [0.05, 0.1) is 0 Å². The molecule has 0 fully saturated rings. The van der Waals surface area contributed by atoms with Gasteiger partial charge in [-0.1, -0.05) is 0 Å². The second-order valence-electron chi connectivity index (χ2n) is 3.72. The molecule has 2 aromatic rings. The third-order valence-electron chi connectivity index (χ3n) is 2.50. The first-order chi connectivity index (χ1) is 7.74. The van der Waals surface area contributed by atoms with Gasteiger partial charge in [0.15, 0.2) is 0 Å². The van der Waals surface area contributed by atoms with Crippen LogP contribution in [0.1, 0.15) is 0 Å². The molecule has 16 heavy (non-hydrogen) atoms. The van der Waals surface area contributed by atoms with Crippen molar-refractivity contribution in [2.75, 3.05) is 19.0 Å². The molecule has 2 nitrogen and oxygen atoms in total. The molecule has 0 unspecified atom stereocenters. The van der Waals surface area contributed by atoms with Crippen LogP contribution in [0.25, 0.3) is 10.8 Å². The third kappa shape index (κ3) is 1.90. The summed E-state index contributed by atoms with van der Waals surface area (Å²) in [7, 11) is 4.08. The van der Waals surface area contributed by atoms with E-state index in [-0.39, 0.29) is 15.0 Å². The van der Waals surface area contributed by atoms with Gasteiger partial charge in [0.1, 0.15) is 0 Å². The average molecular weight is 275 g/mol. The number of hydrogen-bond acceptors (Lipinski definition) is 2. The van der Waals surface area contributed by atoms with Crippen LogP contribution in [0.15, 0.2) is 36.4 Å². The zero-order valence-electron chi connectivity index (χ0n) is 9.27. The summed E-state index contributed by atoms with van der Waals surface area (Å²) in [6, 6.07) is 12.4. The zero-order valence-corrected chi connectivity index (χ0v) is 11.0. The summed E-state index contributed by atoms with van der Waals surface area (Å²) in [6.07, 6.45) is 0. The minimum absolute atomic E-state index is 0.0928. The van der Waals surface area contributed by atoms with E-state index in [1.54, 1.807) is 0 Å². The van der Waals surface area contributed by atoms with E-state index in [0.717, 1.165) is 4.46 Å². The molecule has 0 bridgehead atoms. The van der Waals surface area contributed by atoms with Gasteiger partial charge in [-0.25, -0.2) is 0 Å². The number of fused-ring (bicyclic) bond motifs is 1. The monoisotopic (exact) mass is 276 g/mol. The Balaban J connectivity index is 2.73. The first-order valence-electron chi connectivity index (χ1n) is 4.99. The minimum atomic E-state index is -0.0928. The molecule has 0 heterocycles. The van der Waals surface area contributed by atoms with Crippen molar-refractivity contribution < 1.29 is 0 Å². The first-order valence-corrected chi connectivity index (χ1v) is 6.70. The van der Waals surface area contributed by atoms with Crippen molar-refractivity contribution >= 4 is 35.9 Å². The molecule has 0 amide bonds. The van der Waals surface area contributed by atoms with Crippen molar-refractivity contribution in [3.63, 3.8) is 0 Å². The van der Waals surface area contributed by atoms with Gasteiger partial charge in [-0.05, 0) is 0 Å². The van der Waals surface area contributed by atoms with Crippen molar-refractivity contribution in [2.45, 2.75) is 0 Å². The van der Waals surface area contributed by atoms with Gasteiger partial charge in [-0.3, -0.25) is 0 Å². The summed E-state index contributed by atoms with van der Waals surface area (Å²) in [6.45, 7) is 0. The number of benzene rings is 2.